The minimum atomic E-state index is -1.49. The number of hydrogen-bond acceptors (Lipinski definition) is 1. The molecule has 0 N–H and O–H groups in total. The Morgan fingerprint density at radius 3 is 2.17 bits per heavy atom. The summed E-state index contributed by atoms with van der Waals surface area (Å²) in [4.78, 5) is 10.2. The van der Waals surface area contributed by atoms with Crippen LogP contribution in [0, 0.1) is 0 Å². The van der Waals surface area contributed by atoms with Gasteiger partial charge in [0.1, 0.15) is 6.17 Å². The molecule has 0 fully saturated rings. The highest BCUT2D eigenvalue weighted by atomic mass is 19.1. The van der Waals surface area contributed by atoms with Gasteiger partial charge in [0.2, 0.25) is 0 Å². The second kappa shape index (κ2) is 3.43. The summed E-state index contributed by atoms with van der Waals surface area (Å²) in [7, 11) is 0. The van der Waals surface area contributed by atoms with Gasteiger partial charge in [-0.2, -0.15) is 4.39 Å². The summed E-state index contributed by atoms with van der Waals surface area (Å²) >= 11 is 0. The van der Waals surface area contributed by atoms with E-state index in [2.05, 4.69) is 0 Å². The van der Waals surface area contributed by atoms with Crippen LogP contribution in [0.2, 0.25) is 0 Å². The lowest BCUT2D eigenvalue weighted by Crippen LogP contribution is -1.91. The maximum absolute atomic E-state index is 12.6. The molecule has 1 nitrogen and oxygen atoms in total. The molecule has 0 amide bonds. The molecule has 0 saturated heterocycles. The van der Waals surface area contributed by atoms with E-state index in [4.69, 9.17) is 0 Å². The molecule has 0 heterocycles. The molecule has 1 atom stereocenters. The molecule has 64 valence electrons. The van der Waals surface area contributed by atoms with E-state index < -0.39 is 12.2 Å². The van der Waals surface area contributed by atoms with Gasteiger partial charge in [-0.25, -0.2) is 4.39 Å². The highest BCUT2D eigenvalue weighted by Gasteiger charge is 2.05. The van der Waals surface area contributed by atoms with Crippen molar-refractivity contribution in [2.45, 2.75) is 13.1 Å². The fourth-order valence-electron chi connectivity index (χ4n) is 0.879. The number of halogens is 2. The number of rotatable bonds is 2. The van der Waals surface area contributed by atoms with Crippen molar-refractivity contribution in [3.8, 4) is 0 Å². The van der Waals surface area contributed by atoms with Crippen molar-refractivity contribution in [2.24, 2.45) is 0 Å². The molecule has 3 heteroatoms. The van der Waals surface area contributed by atoms with Gasteiger partial charge in [0.05, 0.1) is 5.56 Å². The molecule has 1 aromatic carbocycles. The average Bonchev–Trinajstić information content (AvgIpc) is 2.04. The van der Waals surface area contributed by atoms with Crippen LogP contribution in [0.3, 0.4) is 0 Å². The SMILES string of the molecule is CC(F)c1ccc(C(=O)F)cc1. The van der Waals surface area contributed by atoms with Gasteiger partial charge in [0, 0.05) is 0 Å². The second-order valence-electron chi connectivity index (χ2n) is 2.51. The Hall–Kier alpha value is -1.25. The van der Waals surface area contributed by atoms with Crippen LogP contribution in [-0.4, -0.2) is 6.04 Å². The monoisotopic (exact) mass is 170 g/mol. The van der Waals surface area contributed by atoms with Crippen LogP contribution in [-0.2, 0) is 0 Å². The minimum Gasteiger partial charge on any atom is -0.255 e. The van der Waals surface area contributed by atoms with Gasteiger partial charge in [-0.3, -0.25) is 4.79 Å². The van der Waals surface area contributed by atoms with E-state index in [-0.39, 0.29) is 5.56 Å². The smallest absolute Gasteiger partial charge is 0.255 e. The fraction of sp³-hybridized carbons (Fsp3) is 0.222. The summed E-state index contributed by atoms with van der Waals surface area (Å²) in [6, 6.07) is 3.85. The van der Waals surface area contributed by atoms with Crippen molar-refractivity contribution in [3.63, 3.8) is 0 Å². The standard InChI is InChI=1S/C9H8F2O/c1-6(10)7-2-4-8(5-3-7)9(11)12/h2-6H,1H3. The zero-order valence-corrected chi connectivity index (χ0v) is 6.55. The summed E-state index contributed by atoms with van der Waals surface area (Å²) in [5.41, 5.74) is 0.402. The van der Waals surface area contributed by atoms with Crippen LogP contribution in [0.1, 0.15) is 29.0 Å². The molecular formula is C9H8F2O. The molecule has 0 radical (unpaired) electrons. The zero-order valence-electron chi connectivity index (χ0n) is 6.55. The summed E-state index contributed by atoms with van der Waals surface area (Å²) in [5.74, 6) is 0. The van der Waals surface area contributed by atoms with Crippen LogP contribution < -0.4 is 0 Å². The fourth-order valence-corrected chi connectivity index (χ4v) is 0.879. The highest BCUT2D eigenvalue weighted by Crippen LogP contribution is 2.16. The van der Waals surface area contributed by atoms with E-state index in [9.17, 15) is 13.6 Å². The van der Waals surface area contributed by atoms with Crippen molar-refractivity contribution in [1.29, 1.82) is 0 Å². The average molecular weight is 170 g/mol. The maximum Gasteiger partial charge on any atom is 0.332 e. The van der Waals surface area contributed by atoms with Crippen molar-refractivity contribution in [1.82, 2.24) is 0 Å². The molecule has 0 spiro atoms. The van der Waals surface area contributed by atoms with Crippen LogP contribution in [0.4, 0.5) is 8.78 Å². The highest BCUT2D eigenvalue weighted by molar-refractivity contribution is 5.88. The number of alkyl halides is 1. The number of carbonyl (C=O) groups excluding carboxylic acids is 1. The maximum atomic E-state index is 12.6. The second-order valence-corrected chi connectivity index (χ2v) is 2.51. The summed E-state index contributed by atoms with van der Waals surface area (Å²) in [6.45, 7) is 1.38. The third-order valence-corrected chi connectivity index (χ3v) is 1.60. The first-order chi connectivity index (χ1) is 5.61. The van der Waals surface area contributed by atoms with Gasteiger partial charge < -0.3 is 0 Å². The van der Waals surface area contributed by atoms with Gasteiger partial charge in [0.15, 0.2) is 0 Å². The van der Waals surface area contributed by atoms with Crippen LogP contribution >= 0.6 is 0 Å². The van der Waals surface area contributed by atoms with E-state index >= 15 is 0 Å². The van der Waals surface area contributed by atoms with E-state index in [1.54, 1.807) is 0 Å². The molecule has 12 heavy (non-hydrogen) atoms. The van der Waals surface area contributed by atoms with Crippen molar-refractivity contribution in [2.75, 3.05) is 0 Å². The van der Waals surface area contributed by atoms with Gasteiger partial charge >= 0.3 is 6.04 Å². The van der Waals surface area contributed by atoms with Crippen LogP contribution in [0.15, 0.2) is 24.3 Å². The molecule has 1 rings (SSSR count). The van der Waals surface area contributed by atoms with Crippen LogP contribution in [0.25, 0.3) is 0 Å². The Balaban J connectivity index is 2.93. The predicted molar refractivity (Wildman–Crippen MR) is 41.4 cm³/mol. The Kier molecular flexibility index (Phi) is 2.53. The third-order valence-electron chi connectivity index (χ3n) is 1.60. The third kappa shape index (κ3) is 1.87. The Labute approximate surface area is 69.0 Å². The minimum absolute atomic E-state index is 0.0422. The van der Waals surface area contributed by atoms with Crippen LogP contribution in [0.5, 0.6) is 0 Å². The lowest BCUT2D eigenvalue weighted by atomic mass is 10.1. The molecule has 0 aliphatic carbocycles. The molecule has 0 aliphatic heterocycles. The van der Waals surface area contributed by atoms with E-state index in [1.807, 2.05) is 0 Å². The van der Waals surface area contributed by atoms with E-state index in [0.29, 0.717) is 5.56 Å². The normalized spacial score (nSPS) is 12.6. The quantitative estimate of drug-likeness (QED) is 0.623. The molecule has 0 aliphatic rings. The first kappa shape index (κ1) is 8.84. The predicted octanol–water partition coefficient (Wildman–Crippen LogP) is 2.83. The molecular weight excluding hydrogens is 162 g/mol. The largest absolute Gasteiger partial charge is 0.332 e. The van der Waals surface area contributed by atoms with E-state index in [0.717, 1.165) is 0 Å². The summed E-state index contributed by atoms with van der Waals surface area (Å²) < 4.78 is 24.6. The molecule has 0 aromatic heterocycles. The van der Waals surface area contributed by atoms with E-state index in [1.165, 1.54) is 31.2 Å². The summed E-state index contributed by atoms with van der Waals surface area (Å²) in [5, 5.41) is 0. The molecule has 1 aromatic rings. The van der Waals surface area contributed by atoms with Gasteiger partial charge in [-0.1, -0.05) is 12.1 Å². The number of carbonyl (C=O) groups is 1. The first-order valence-electron chi connectivity index (χ1n) is 3.55. The van der Waals surface area contributed by atoms with Crippen molar-refractivity contribution in [3.05, 3.63) is 35.4 Å². The van der Waals surface area contributed by atoms with Gasteiger partial charge in [-0.05, 0) is 24.6 Å². The van der Waals surface area contributed by atoms with Crippen molar-refractivity contribution >= 4 is 6.04 Å². The molecule has 0 bridgehead atoms. The lowest BCUT2D eigenvalue weighted by Gasteiger charge is -2.00. The number of hydrogen-bond donors (Lipinski definition) is 0. The molecule has 0 saturated carbocycles. The zero-order chi connectivity index (χ0) is 9.14. The molecule has 1 unspecified atom stereocenters. The van der Waals surface area contributed by atoms with Gasteiger partial charge in [-0.15, -0.1) is 0 Å². The number of benzene rings is 1. The Morgan fingerprint density at radius 2 is 1.83 bits per heavy atom. The lowest BCUT2D eigenvalue weighted by molar-refractivity contribution is 0.0836. The van der Waals surface area contributed by atoms with Crippen molar-refractivity contribution < 1.29 is 13.6 Å². The topological polar surface area (TPSA) is 17.1 Å². The Bertz CT molecular complexity index is 277. The van der Waals surface area contributed by atoms with Gasteiger partial charge in [0.25, 0.3) is 0 Å². The first-order valence-corrected chi connectivity index (χ1v) is 3.55. The summed E-state index contributed by atoms with van der Waals surface area (Å²) in [6.07, 6.45) is -1.09. The Morgan fingerprint density at radius 1 is 1.33 bits per heavy atom.